The first kappa shape index (κ1) is 13.2. The zero-order chi connectivity index (χ0) is 12.9. The SMILES string of the molecule is CC(C)(C)NC(=O)c1ncccc1C#CCO. The molecule has 0 aliphatic rings. The minimum atomic E-state index is -0.323. The fraction of sp³-hybridized carbons (Fsp3) is 0.385. The lowest BCUT2D eigenvalue weighted by Gasteiger charge is -2.20. The molecule has 1 rings (SSSR count). The highest BCUT2D eigenvalue weighted by Crippen LogP contribution is 2.06. The highest BCUT2D eigenvalue weighted by molar-refractivity contribution is 5.95. The van der Waals surface area contributed by atoms with Crippen molar-refractivity contribution in [1.82, 2.24) is 10.3 Å². The predicted molar refractivity (Wildman–Crippen MR) is 65.4 cm³/mol. The van der Waals surface area contributed by atoms with E-state index in [0.717, 1.165) is 0 Å². The molecule has 0 aliphatic carbocycles. The van der Waals surface area contributed by atoms with E-state index in [1.54, 1.807) is 18.3 Å². The van der Waals surface area contributed by atoms with Gasteiger partial charge < -0.3 is 10.4 Å². The van der Waals surface area contributed by atoms with Crippen molar-refractivity contribution in [3.63, 3.8) is 0 Å². The van der Waals surface area contributed by atoms with Gasteiger partial charge in [-0.15, -0.1) is 0 Å². The fourth-order valence-electron chi connectivity index (χ4n) is 1.22. The molecule has 1 aromatic heterocycles. The molecule has 4 heteroatoms. The van der Waals surface area contributed by atoms with Gasteiger partial charge in [-0.3, -0.25) is 4.79 Å². The van der Waals surface area contributed by atoms with E-state index in [4.69, 9.17) is 5.11 Å². The van der Waals surface area contributed by atoms with Gasteiger partial charge in [0.15, 0.2) is 0 Å². The number of nitrogens with zero attached hydrogens (tertiary/aromatic N) is 1. The van der Waals surface area contributed by atoms with Crippen molar-refractivity contribution in [2.45, 2.75) is 26.3 Å². The zero-order valence-corrected chi connectivity index (χ0v) is 10.2. The molecule has 0 fully saturated rings. The van der Waals surface area contributed by atoms with Gasteiger partial charge >= 0.3 is 0 Å². The number of carbonyl (C=O) groups is 1. The molecule has 0 bridgehead atoms. The van der Waals surface area contributed by atoms with E-state index in [9.17, 15) is 4.79 Å². The molecule has 2 N–H and O–H groups in total. The second-order valence-corrected chi connectivity index (χ2v) is 4.56. The number of aliphatic hydroxyl groups is 1. The molecule has 0 unspecified atom stereocenters. The Kier molecular flexibility index (Phi) is 4.24. The third kappa shape index (κ3) is 4.25. The molecule has 0 saturated heterocycles. The summed E-state index contributed by atoms with van der Waals surface area (Å²) in [6.45, 7) is 5.45. The van der Waals surface area contributed by atoms with Crippen molar-refractivity contribution in [3.05, 3.63) is 29.6 Å². The maximum atomic E-state index is 11.9. The summed E-state index contributed by atoms with van der Waals surface area (Å²) < 4.78 is 0. The summed E-state index contributed by atoms with van der Waals surface area (Å²) >= 11 is 0. The van der Waals surface area contributed by atoms with Gasteiger partial charge in [-0.05, 0) is 32.9 Å². The largest absolute Gasteiger partial charge is 0.384 e. The van der Waals surface area contributed by atoms with Crippen molar-refractivity contribution >= 4 is 5.91 Å². The Labute approximate surface area is 101 Å². The van der Waals surface area contributed by atoms with Gasteiger partial charge in [0, 0.05) is 11.7 Å². The number of rotatable bonds is 1. The van der Waals surface area contributed by atoms with E-state index in [0.29, 0.717) is 5.56 Å². The number of carbonyl (C=O) groups excluding carboxylic acids is 1. The van der Waals surface area contributed by atoms with Crippen LogP contribution in [0.5, 0.6) is 0 Å². The second kappa shape index (κ2) is 5.46. The van der Waals surface area contributed by atoms with E-state index in [1.165, 1.54) is 0 Å². The van der Waals surface area contributed by atoms with Crippen LogP contribution in [-0.2, 0) is 0 Å². The molecule has 1 heterocycles. The third-order valence-corrected chi connectivity index (χ3v) is 1.81. The number of hydrogen-bond donors (Lipinski definition) is 2. The third-order valence-electron chi connectivity index (χ3n) is 1.81. The Morgan fingerprint density at radius 1 is 1.53 bits per heavy atom. The summed E-state index contributed by atoms with van der Waals surface area (Å²) in [6.07, 6.45) is 1.54. The van der Waals surface area contributed by atoms with Gasteiger partial charge in [0.05, 0.1) is 5.56 Å². The van der Waals surface area contributed by atoms with Crippen LogP contribution >= 0.6 is 0 Å². The number of aromatic nitrogens is 1. The Balaban J connectivity index is 3.01. The summed E-state index contributed by atoms with van der Waals surface area (Å²) in [5.74, 6) is 4.95. The lowest BCUT2D eigenvalue weighted by molar-refractivity contribution is 0.0914. The lowest BCUT2D eigenvalue weighted by atomic mass is 10.1. The van der Waals surface area contributed by atoms with E-state index < -0.39 is 0 Å². The fourth-order valence-corrected chi connectivity index (χ4v) is 1.22. The van der Waals surface area contributed by atoms with Crippen LogP contribution in [0.2, 0.25) is 0 Å². The van der Waals surface area contributed by atoms with Crippen LogP contribution in [0.25, 0.3) is 0 Å². The number of nitrogens with one attached hydrogen (secondary N) is 1. The van der Waals surface area contributed by atoms with Crippen LogP contribution in [0.15, 0.2) is 18.3 Å². The zero-order valence-electron chi connectivity index (χ0n) is 10.2. The molecule has 1 aromatic rings. The maximum Gasteiger partial charge on any atom is 0.271 e. The molecule has 0 saturated carbocycles. The second-order valence-electron chi connectivity index (χ2n) is 4.56. The van der Waals surface area contributed by atoms with E-state index in [1.807, 2.05) is 20.8 Å². The van der Waals surface area contributed by atoms with Gasteiger partial charge in [-0.1, -0.05) is 11.8 Å². The average molecular weight is 232 g/mol. The first-order chi connectivity index (χ1) is 7.94. The van der Waals surface area contributed by atoms with Crippen molar-refractivity contribution in [1.29, 1.82) is 0 Å². The summed E-state index contributed by atoms with van der Waals surface area (Å²) in [6, 6.07) is 3.41. The van der Waals surface area contributed by atoms with E-state index in [2.05, 4.69) is 22.1 Å². The number of pyridine rings is 1. The molecule has 0 radical (unpaired) electrons. The number of hydrogen-bond acceptors (Lipinski definition) is 3. The number of aliphatic hydroxyl groups excluding tert-OH is 1. The molecule has 0 aliphatic heterocycles. The first-order valence-corrected chi connectivity index (χ1v) is 5.31. The van der Waals surface area contributed by atoms with Crippen molar-refractivity contribution < 1.29 is 9.90 Å². The molecule has 1 amide bonds. The molecular weight excluding hydrogens is 216 g/mol. The maximum absolute atomic E-state index is 11.9. The van der Waals surface area contributed by atoms with Crippen molar-refractivity contribution in [3.8, 4) is 11.8 Å². The van der Waals surface area contributed by atoms with Crippen LogP contribution < -0.4 is 5.32 Å². The van der Waals surface area contributed by atoms with Crippen LogP contribution in [0, 0.1) is 11.8 Å². The molecular formula is C13H16N2O2. The standard InChI is InChI=1S/C13H16N2O2/c1-13(2,3)15-12(17)11-10(7-5-9-16)6-4-8-14-11/h4,6,8,16H,9H2,1-3H3,(H,15,17). The summed E-state index contributed by atoms with van der Waals surface area (Å²) in [5, 5.41) is 11.5. The van der Waals surface area contributed by atoms with Gasteiger partial charge in [-0.25, -0.2) is 4.98 Å². The smallest absolute Gasteiger partial charge is 0.271 e. The first-order valence-electron chi connectivity index (χ1n) is 5.31. The Bertz CT molecular complexity index is 464. The number of amides is 1. The van der Waals surface area contributed by atoms with Crippen molar-refractivity contribution in [2.75, 3.05) is 6.61 Å². The minimum absolute atomic E-state index is 0.241. The van der Waals surface area contributed by atoms with Gasteiger partial charge in [0.25, 0.3) is 5.91 Å². The Morgan fingerprint density at radius 3 is 2.82 bits per heavy atom. The summed E-state index contributed by atoms with van der Waals surface area (Å²) in [4.78, 5) is 16.0. The Morgan fingerprint density at radius 2 is 2.24 bits per heavy atom. The van der Waals surface area contributed by atoms with Crippen LogP contribution in [-0.4, -0.2) is 28.1 Å². The molecule has 17 heavy (non-hydrogen) atoms. The molecule has 90 valence electrons. The van der Waals surface area contributed by atoms with Crippen molar-refractivity contribution in [2.24, 2.45) is 0 Å². The molecule has 4 nitrogen and oxygen atoms in total. The molecule has 0 aromatic carbocycles. The normalized spacial score (nSPS) is 10.4. The monoisotopic (exact) mass is 232 g/mol. The molecule has 0 atom stereocenters. The minimum Gasteiger partial charge on any atom is -0.384 e. The predicted octanol–water partition coefficient (Wildman–Crippen LogP) is 0.954. The van der Waals surface area contributed by atoms with Crippen LogP contribution in [0.3, 0.4) is 0 Å². The van der Waals surface area contributed by atoms with Gasteiger partial charge in [0.1, 0.15) is 12.3 Å². The van der Waals surface area contributed by atoms with E-state index in [-0.39, 0.29) is 23.7 Å². The highest BCUT2D eigenvalue weighted by Gasteiger charge is 2.18. The van der Waals surface area contributed by atoms with E-state index >= 15 is 0 Å². The summed E-state index contributed by atoms with van der Waals surface area (Å²) in [7, 11) is 0. The average Bonchev–Trinajstić information content (AvgIpc) is 2.24. The quantitative estimate of drug-likeness (QED) is 0.709. The highest BCUT2D eigenvalue weighted by atomic mass is 16.2. The summed E-state index contributed by atoms with van der Waals surface area (Å²) in [5.41, 5.74) is 0.475. The molecule has 0 spiro atoms. The van der Waals surface area contributed by atoms with Crippen LogP contribution in [0.1, 0.15) is 36.8 Å². The van der Waals surface area contributed by atoms with Gasteiger partial charge in [0.2, 0.25) is 0 Å². The van der Waals surface area contributed by atoms with Gasteiger partial charge in [-0.2, -0.15) is 0 Å². The lowest BCUT2D eigenvalue weighted by Crippen LogP contribution is -2.41. The topological polar surface area (TPSA) is 62.2 Å². The Hall–Kier alpha value is -1.86. The van der Waals surface area contributed by atoms with Crippen LogP contribution in [0.4, 0.5) is 0 Å².